The van der Waals surface area contributed by atoms with Crippen molar-refractivity contribution in [1.29, 1.82) is 0 Å². The summed E-state index contributed by atoms with van der Waals surface area (Å²) < 4.78 is 1.23. The maximum Gasteiger partial charge on any atom is 0.0565 e. The third-order valence-electron chi connectivity index (χ3n) is 4.97. The molecule has 21 heavy (non-hydrogen) atoms. The van der Waals surface area contributed by atoms with E-state index in [1.165, 1.54) is 66.1 Å². The topological polar surface area (TPSA) is 32.5 Å². The van der Waals surface area contributed by atoms with Gasteiger partial charge >= 0.3 is 0 Å². The minimum atomic E-state index is 0.398. The van der Waals surface area contributed by atoms with E-state index >= 15 is 0 Å². The van der Waals surface area contributed by atoms with Crippen molar-refractivity contribution in [3.8, 4) is 0 Å². The normalized spacial score (nSPS) is 26.3. The van der Waals surface area contributed by atoms with Gasteiger partial charge in [0.05, 0.1) is 6.04 Å². The van der Waals surface area contributed by atoms with E-state index in [2.05, 4.69) is 38.7 Å². The Morgan fingerprint density at radius 2 is 2.10 bits per heavy atom. The van der Waals surface area contributed by atoms with Crippen LogP contribution in [-0.4, -0.2) is 48.6 Å². The van der Waals surface area contributed by atoms with E-state index in [9.17, 15) is 0 Å². The van der Waals surface area contributed by atoms with Crippen molar-refractivity contribution >= 4 is 27.3 Å². The first-order valence-corrected chi connectivity index (χ1v) is 9.74. The van der Waals surface area contributed by atoms with E-state index in [1.807, 2.05) is 11.3 Å². The highest BCUT2D eigenvalue weighted by atomic mass is 79.9. The van der Waals surface area contributed by atoms with Gasteiger partial charge in [0, 0.05) is 39.9 Å². The number of thiophene rings is 1. The van der Waals surface area contributed by atoms with Gasteiger partial charge in [-0.2, -0.15) is 0 Å². The van der Waals surface area contributed by atoms with Crippen LogP contribution in [0, 0.1) is 6.92 Å². The Hall–Kier alpha value is 0.0600. The number of rotatable bonds is 4. The van der Waals surface area contributed by atoms with E-state index < -0.39 is 0 Å². The van der Waals surface area contributed by atoms with Gasteiger partial charge in [-0.3, -0.25) is 9.80 Å². The first kappa shape index (κ1) is 15.9. The Balaban J connectivity index is 1.65. The van der Waals surface area contributed by atoms with Crippen LogP contribution in [0.15, 0.2) is 10.5 Å². The SMILES string of the molecule is Cc1sc(C(CN)N2CCC(N3CCCCC3)C2)cc1Br. The lowest BCUT2D eigenvalue weighted by Gasteiger charge is -2.33. The molecule has 0 bridgehead atoms. The molecule has 0 spiro atoms. The molecule has 0 amide bonds. The van der Waals surface area contributed by atoms with E-state index in [1.54, 1.807) is 0 Å². The summed E-state index contributed by atoms with van der Waals surface area (Å²) in [7, 11) is 0. The molecule has 2 fully saturated rings. The Labute approximate surface area is 140 Å². The number of likely N-dealkylation sites (tertiary alicyclic amines) is 2. The smallest absolute Gasteiger partial charge is 0.0565 e. The zero-order valence-electron chi connectivity index (χ0n) is 12.9. The van der Waals surface area contributed by atoms with Crippen molar-refractivity contribution < 1.29 is 0 Å². The summed E-state index contributed by atoms with van der Waals surface area (Å²) in [6.07, 6.45) is 5.49. The number of aryl methyl sites for hydroxylation is 1. The number of halogens is 1. The fourth-order valence-corrected chi connectivity index (χ4v) is 5.43. The summed E-state index contributed by atoms with van der Waals surface area (Å²) in [5.74, 6) is 0. The Kier molecular flexibility index (Phi) is 5.38. The number of piperidine rings is 1. The molecule has 3 nitrogen and oxygen atoms in total. The van der Waals surface area contributed by atoms with Crippen LogP contribution in [0.2, 0.25) is 0 Å². The highest BCUT2D eigenvalue weighted by Gasteiger charge is 2.32. The number of hydrogen-bond donors (Lipinski definition) is 1. The average molecular weight is 372 g/mol. The van der Waals surface area contributed by atoms with Gasteiger partial charge in [-0.1, -0.05) is 6.42 Å². The van der Waals surface area contributed by atoms with Gasteiger partial charge in [0.25, 0.3) is 0 Å². The van der Waals surface area contributed by atoms with Gasteiger partial charge in [0.2, 0.25) is 0 Å². The molecule has 2 atom stereocenters. The van der Waals surface area contributed by atoms with E-state index in [-0.39, 0.29) is 0 Å². The first-order valence-electron chi connectivity index (χ1n) is 8.13. The minimum Gasteiger partial charge on any atom is -0.329 e. The molecule has 1 aromatic rings. The van der Waals surface area contributed by atoms with Gasteiger partial charge in [0.15, 0.2) is 0 Å². The molecule has 2 aliphatic rings. The lowest BCUT2D eigenvalue weighted by Crippen LogP contribution is -2.41. The van der Waals surface area contributed by atoms with Crippen LogP contribution in [0.3, 0.4) is 0 Å². The zero-order chi connectivity index (χ0) is 14.8. The molecule has 0 saturated carbocycles. The Morgan fingerprint density at radius 1 is 1.33 bits per heavy atom. The minimum absolute atomic E-state index is 0.398. The van der Waals surface area contributed by atoms with Gasteiger partial charge in [-0.25, -0.2) is 0 Å². The maximum atomic E-state index is 6.10. The van der Waals surface area contributed by atoms with Crippen LogP contribution in [0.4, 0.5) is 0 Å². The molecule has 0 aromatic carbocycles. The molecule has 118 valence electrons. The van der Waals surface area contributed by atoms with Gasteiger partial charge in [-0.15, -0.1) is 11.3 Å². The fraction of sp³-hybridized carbons (Fsp3) is 0.750. The number of hydrogen-bond acceptors (Lipinski definition) is 4. The molecule has 2 unspecified atom stereocenters. The second kappa shape index (κ2) is 7.09. The maximum absolute atomic E-state index is 6.10. The molecule has 3 rings (SSSR count). The summed E-state index contributed by atoms with van der Waals surface area (Å²) in [4.78, 5) is 8.10. The Morgan fingerprint density at radius 3 is 2.71 bits per heavy atom. The van der Waals surface area contributed by atoms with Crippen molar-refractivity contribution in [2.75, 3.05) is 32.7 Å². The second-order valence-corrected chi connectivity index (χ2v) is 8.48. The van der Waals surface area contributed by atoms with Crippen LogP contribution in [0.1, 0.15) is 41.5 Å². The van der Waals surface area contributed by atoms with E-state index in [0.29, 0.717) is 6.04 Å². The van der Waals surface area contributed by atoms with Crippen molar-refractivity contribution in [3.05, 3.63) is 20.3 Å². The van der Waals surface area contributed by atoms with Gasteiger partial charge < -0.3 is 5.73 Å². The lowest BCUT2D eigenvalue weighted by molar-refractivity contribution is 0.153. The second-order valence-electron chi connectivity index (χ2n) is 6.34. The number of nitrogens with two attached hydrogens (primary N) is 1. The molecule has 2 aliphatic heterocycles. The molecule has 5 heteroatoms. The highest BCUT2D eigenvalue weighted by molar-refractivity contribution is 9.10. The van der Waals surface area contributed by atoms with Crippen LogP contribution < -0.4 is 5.73 Å². The molecule has 2 N–H and O–H groups in total. The van der Waals surface area contributed by atoms with E-state index in [0.717, 1.165) is 12.6 Å². The van der Waals surface area contributed by atoms with Crippen LogP contribution in [-0.2, 0) is 0 Å². The highest BCUT2D eigenvalue weighted by Crippen LogP contribution is 2.35. The van der Waals surface area contributed by atoms with Gasteiger partial charge in [-0.05, 0) is 61.3 Å². The lowest BCUT2D eigenvalue weighted by atomic mass is 10.1. The predicted octanol–water partition coefficient (Wildman–Crippen LogP) is 3.38. The third-order valence-corrected chi connectivity index (χ3v) is 7.21. The Bertz CT molecular complexity index is 451. The molecule has 1 aromatic heterocycles. The summed E-state index contributed by atoms with van der Waals surface area (Å²) >= 11 is 5.53. The monoisotopic (exact) mass is 371 g/mol. The molecule has 3 heterocycles. The summed E-state index contributed by atoms with van der Waals surface area (Å²) in [6, 6.07) is 3.42. The molecular formula is C16H26BrN3S. The van der Waals surface area contributed by atoms with Crippen molar-refractivity contribution in [1.82, 2.24) is 9.80 Å². The summed E-state index contributed by atoms with van der Waals surface area (Å²) in [5.41, 5.74) is 6.10. The fourth-order valence-electron chi connectivity index (χ4n) is 3.72. The summed E-state index contributed by atoms with van der Waals surface area (Å²) in [5, 5.41) is 0. The van der Waals surface area contributed by atoms with Crippen molar-refractivity contribution in [2.45, 2.75) is 44.7 Å². The molecule has 2 saturated heterocycles. The van der Waals surface area contributed by atoms with Gasteiger partial charge in [0.1, 0.15) is 0 Å². The number of nitrogens with zero attached hydrogens (tertiary/aromatic N) is 2. The third kappa shape index (κ3) is 3.53. The van der Waals surface area contributed by atoms with E-state index in [4.69, 9.17) is 5.73 Å². The van der Waals surface area contributed by atoms with Crippen LogP contribution in [0.25, 0.3) is 0 Å². The van der Waals surface area contributed by atoms with Crippen molar-refractivity contribution in [3.63, 3.8) is 0 Å². The largest absolute Gasteiger partial charge is 0.329 e. The quantitative estimate of drug-likeness (QED) is 0.880. The zero-order valence-corrected chi connectivity index (χ0v) is 15.3. The van der Waals surface area contributed by atoms with Crippen molar-refractivity contribution in [2.24, 2.45) is 5.73 Å². The summed E-state index contributed by atoms with van der Waals surface area (Å²) in [6.45, 7) is 7.88. The first-order chi connectivity index (χ1) is 10.2. The van der Waals surface area contributed by atoms with Crippen LogP contribution in [0.5, 0.6) is 0 Å². The molecule has 0 radical (unpaired) electrons. The standard InChI is InChI=1S/C16H26BrN3S/c1-12-14(17)9-16(21-12)15(10-18)20-8-5-13(11-20)19-6-3-2-4-7-19/h9,13,15H,2-8,10-11,18H2,1H3. The predicted molar refractivity (Wildman–Crippen MR) is 94.0 cm³/mol. The average Bonchev–Trinajstić information content (AvgIpc) is 3.10. The molecule has 0 aliphatic carbocycles. The molecular weight excluding hydrogens is 346 g/mol. The van der Waals surface area contributed by atoms with Crippen LogP contribution >= 0.6 is 27.3 Å².